The number of nitrogens with two attached hydrogens (primary N) is 1. The summed E-state index contributed by atoms with van der Waals surface area (Å²) < 4.78 is 34.0. The zero-order valence-corrected chi connectivity index (χ0v) is 11.0. The van der Waals surface area contributed by atoms with Crippen LogP contribution in [0.2, 0.25) is 0 Å². The molecule has 0 aliphatic rings. The van der Waals surface area contributed by atoms with E-state index in [2.05, 4.69) is 0 Å². The highest BCUT2D eigenvalue weighted by molar-refractivity contribution is 7.91. The van der Waals surface area contributed by atoms with Crippen LogP contribution in [0.1, 0.15) is 12.5 Å². The molecule has 0 amide bonds. The molecule has 2 N–H and O–H groups in total. The maximum Gasteiger partial charge on any atom is 0.178 e. The van der Waals surface area contributed by atoms with Crippen molar-refractivity contribution < 1.29 is 17.9 Å². The van der Waals surface area contributed by atoms with Gasteiger partial charge in [-0.2, -0.15) is 0 Å². The molecule has 0 saturated heterocycles. The van der Waals surface area contributed by atoms with Gasteiger partial charge in [-0.1, -0.05) is 6.92 Å². The zero-order valence-electron chi connectivity index (χ0n) is 10.2. The molecular weight excluding hydrogens is 242 g/mol. The van der Waals surface area contributed by atoms with Crippen LogP contribution in [0.3, 0.4) is 0 Å². The normalized spacial score (nSPS) is 11.3. The second-order valence-electron chi connectivity index (χ2n) is 3.42. The summed E-state index contributed by atoms with van der Waals surface area (Å²) in [6.07, 6.45) is 0. The van der Waals surface area contributed by atoms with Crippen LogP contribution in [0.5, 0.6) is 11.5 Å². The van der Waals surface area contributed by atoms with Crippen molar-refractivity contribution in [1.29, 1.82) is 0 Å². The van der Waals surface area contributed by atoms with Gasteiger partial charge in [0.15, 0.2) is 21.3 Å². The number of sulfone groups is 1. The lowest BCUT2D eigenvalue weighted by molar-refractivity contribution is 0.353. The maximum absolute atomic E-state index is 11.9. The van der Waals surface area contributed by atoms with Gasteiger partial charge in [-0.15, -0.1) is 0 Å². The van der Waals surface area contributed by atoms with Gasteiger partial charge < -0.3 is 15.2 Å². The first kappa shape index (κ1) is 13.8. The van der Waals surface area contributed by atoms with E-state index in [9.17, 15) is 8.42 Å². The largest absolute Gasteiger partial charge is 0.493 e. The summed E-state index contributed by atoms with van der Waals surface area (Å²) in [5.74, 6) is 0.884. The monoisotopic (exact) mass is 259 g/mol. The fourth-order valence-corrected chi connectivity index (χ4v) is 2.65. The molecule has 0 aliphatic heterocycles. The molecule has 1 rings (SSSR count). The van der Waals surface area contributed by atoms with E-state index in [-0.39, 0.29) is 17.2 Å². The Kier molecular flexibility index (Phi) is 4.36. The van der Waals surface area contributed by atoms with Crippen molar-refractivity contribution in [2.45, 2.75) is 18.4 Å². The quantitative estimate of drug-likeness (QED) is 0.852. The van der Waals surface area contributed by atoms with Crippen molar-refractivity contribution in [2.24, 2.45) is 5.73 Å². The molecule has 0 aromatic heterocycles. The van der Waals surface area contributed by atoms with Crippen molar-refractivity contribution in [1.82, 2.24) is 0 Å². The summed E-state index contributed by atoms with van der Waals surface area (Å²) >= 11 is 0. The van der Waals surface area contributed by atoms with Crippen LogP contribution < -0.4 is 15.2 Å². The molecule has 0 heterocycles. The van der Waals surface area contributed by atoms with Gasteiger partial charge >= 0.3 is 0 Å². The molecular formula is C11H17NO4S. The van der Waals surface area contributed by atoms with Crippen molar-refractivity contribution >= 4 is 9.84 Å². The lowest BCUT2D eigenvalue weighted by Gasteiger charge is -2.13. The van der Waals surface area contributed by atoms with Crippen LogP contribution in [0.25, 0.3) is 0 Å². The molecule has 0 aliphatic carbocycles. The lowest BCUT2D eigenvalue weighted by atomic mass is 10.2. The smallest absolute Gasteiger partial charge is 0.178 e. The minimum Gasteiger partial charge on any atom is -0.493 e. The van der Waals surface area contributed by atoms with E-state index in [0.717, 1.165) is 0 Å². The molecule has 0 spiro atoms. The van der Waals surface area contributed by atoms with E-state index in [1.807, 2.05) is 0 Å². The molecule has 0 atom stereocenters. The molecule has 0 saturated carbocycles. The Labute approximate surface area is 101 Å². The molecule has 1 aromatic rings. The van der Waals surface area contributed by atoms with E-state index in [4.69, 9.17) is 15.2 Å². The Morgan fingerprint density at radius 3 is 2.12 bits per heavy atom. The Morgan fingerprint density at radius 1 is 1.18 bits per heavy atom. The van der Waals surface area contributed by atoms with E-state index < -0.39 is 9.84 Å². The first-order chi connectivity index (χ1) is 8.00. The summed E-state index contributed by atoms with van der Waals surface area (Å²) in [6.45, 7) is 1.72. The van der Waals surface area contributed by atoms with Gasteiger partial charge in [0.25, 0.3) is 0 Å². The van der Waals surface area contributed by atoms with E-state index >= 15 is 0 Å². The average Bonchev–Trinajstić information content (AvgIpc) is 2.36. The Hall–Kier alpha value is -1.27. The highest BCUT2D eigenvalue weighted by Gasteiger charge is 2.19. The predicted octanol–water partition coefficient (Wildman–Crippen LogP) is 0.956. The number of hydrogen-bond donors (Lipinski definition) is 1. The van der Waals surface area contributed by atoms with E-state index in [0.29, 0.717) is 17.1 Å². The zero-order chi connectivity index (χ0) is 13.1. The second-order valence-corrected chi connectivity index (χ2v) is 5.67. The lowest BCUT2D eigenvalue weighted by Crippen LogP contribution is -2.11. The molecule has 6 heteroatoms. The summed E-state index contributed by atoms with van der Waals surface area (Å²) in [4.78, 5) is 0.208. The van der Waals surface area contributed by atoms with E-state index in [1.54, 1.807) is 13.0 Å². The van der Waals surface area contributed by atoms with Crippen LogP contribution >= 0.6 is 0 Å². The van der Waals surface area contributed by atoms with E-state index in [1.165, 1.54) is 20.3 Å². The van der Waals surface area contributed by atoms with Crippen LogP contribution in [0.15, 0.2) is 17.0 Å². The number of methoxy groups -OCH3 is 2. The third-order valence-electron chi connectivity index (χ3n) is 2.50. The highest BCUT2D eigenvalue weighted by atomic mass is 32.2. The van der Waals surface area contributed by atoms with Gasteiger partial charge in [0.05, 0.1) is 24.9 Å². The van der Waals surface area contributed by atoms with Crippen LogP contribution in [0.4, 0.5) is 0 Å². The topological polar surface area (TPSA) is 78.6 Å². The average molecular weight is 259 g/mol. The van der Waals surface area contributed by atoms with Gasteiger partial charge in [0.2, 0.25) is 0 Å². The Bertz CT molecular complexity index is 496. The standard InChI is InChI=1S/C11H17NO4S/c1-4-17(13,14)11-6-10(16-3)9(15-2)5-8(11)7-12/h5-6H,4,7,12H2,1-3H3. The number of ether oxygens (including phenoxy) is 2. The Balaban J connectivity index is 3.50. The summed E-state index contributed by atoms with van der Waals surface area (Å²) in [5.41, 5.74) is 6.09. The van der Waals surface area contributed by atoms with Crippen molar-refractivity contribution in [2.75, 3.05) is 20.0 Å². The third-order valence-corrected chi connectivity index (χ3v) is 4.31. The van der Waals surface area contributed by atoms with Gasteiger partial charge in [-0.05, 0) is 11.6 Å². The molecule has 17 heavy (non-hydrogen) atoms. The molecule has 5 nitrogen and oxygen atoms in total. The number of rotatable bonds is 5. The molecule has 96 valence electrons. The van der Waals surface area contributed by atoms with Gasteiger partial charge in [-0.3, -0.25) is 0 Å². The van der Waals surface area contributed by atoms with Crippen molar-refractivity contribution in [3.8, 4) is 11.5 Å². The molecule has 0 radical (unpaired) electrons. The molecule has 0 bridgehead atoms. The molecule has 1 aromatic carbocycles. The van der Waals surface area contributed by atoms with Crippen molar-refractivity contribution in [3.63, 3.8) is 0 Å². The third kappa shape index (κ3) is 2.70. The maximum atomic E-state index is 11.9. The highest BCUT2D eigenvalue weighted by Crippen LogP contribution is 2.32. The molecule has 0 fully saturated rings. The predicted molar refractivity (Wildman–Crippen MR) is 65.2 cm³/mol. The van der Waals surface area contributed by atoms with Crippen molar-refractivity contribution in [3.05, 3.63) is 17.7 Å². The van der Waals surface area contributed by atoms with Crippen LogP contribution in [0, 0.1) is 0 Å². The first-order valence-electron chi connectivity index (χ1n) is 5.17. The first-order valence-corrected chi connectivity index (χ1v) is 6.83. The van der Waals surface area contributed by atoms with Crippen LogP contribution in [-0.2, 0) is 16.4 Å². The van der Waals surface area contributed by atoms with Gasteiger partial charge in [0, 0.05) is 12.6 Å². The molecule has 0 unspecified atom stereocenters. The number of hydrogen-bond acceptors (Lipinski definition) is 5. The second kappa shape index (κ2) is 5.37. The summed E-state index contributed by atoms with van der Waals surface area (Å²) in [7, 11) is -0.361. The summed E-state index contributed by atoms with van der Waals surface area (Å²) in [6, 6.07) is 3.06. The minimum atomic E-state index is -3.31. The van der Waals surface area contributed by atoms with Crippen LogP contribution in [-0.4, -0.2) is 28.4 Å². The fourth-order valence-electron chi connectivity index (χ4n) is 1.51. The fraction of sp³-hybridized carbons (Fsp3) is 0.455. The minimum absolute atomic E-state index is 0.0233. The summed E-state index contributed by atoms with van der Waals surface area (Å²) in [5, 5.41) is 0. The SMILES string of the molecule is CCS(=O)(=O)c1cc(OC)c(OC)cc1CN. The Morgan fingerprint density at radius 2 is 1.71 bits per heavy atom. The van der Waals surface area contributed by atoms with Gasteiger partial charge in [0.1, 0.15) is 0 Å². The van der Waals surface area contributed by atoms with Gasteiger partial charge in [-0.25, -0.2) is 8.42 Å². The number of benzene rings is 1.